The molecule has 0 fully saturated rings. The van der Waals surface area contributed by atoms with E-state index in [1.165, 1.54) is 0 Å². The van der Waals surface area contributed by atoms with E-state index in [-0.39, 0.29) is 17.9 Å². The van der Waals surface area contributed by atoms with E-state index in [0.717, 1.165) is 47.1 Å². The minimum absolute atomic E-state index is 0.0671. The maximum Gasteiger partial charge on any atom is 0.231 e. The highest BCUT2D eigenvalue weighted by molar-refractivity contribution is 6.00. The standard InChI is InChI=1S/C19H15F2N3O/c20-14-4-5-16(21)13(10-14)11-18(25)24-9-7-12-2-1-3-15(19(12)24)17-6-8-22-23-17/h1-6,8,10H,7,9,11H2,(H,22,23). The lowest BCUT2D eigenvalue weighted by molar-refractivity contribution is -0.117. The van der Waals surface area contributed by atoms with Crippen LogP contribution in [0.15, 0.2) is 48.7 Å². The third-order valence-electron chi connectivity index (χ3n) is 4.44. The second-order valence-electron chi connectivity index (χ2n) is 5.99. The Morgan fingerprint density at radius 1 is 1.20 bits per heavy atom. The Morgan fingerprint density at radius 2 is 2.08 bits per heavy atom. The average Bonchev–Trinajstić information content (AvgIpc) is 3.27. The summed E-state index contributed by atoms with van der Waals surface area (Å²) in [5.74, 6) is -1.38. The van der Waals surface area contributed by atoms with Gasteiger partial charge in [-0.25, -0.2) is 8.78 Å². The lowest BCUT2D eigenvalue weighted by Gasteiger charge is -2.20. The maximum absolute atomic E-state index is 13.9. The molecule has 126 valence electrons. The molecule has 6 heteroatoms. The molecule has 0 atom stereocenters. The zero-order valence-corrected chi connectivity index (χ0v) is 13.3. The van der Waals surface area contributed by atoms with E-state index in [2.05, 4.69) is 10.2 Å². The molecule has 0 spiro atoms. The predicted molar refractivity (Wildman–Crippen MR) is 90.1 cm³/mol. The van der Waals surface area contributed by atoms with Crippen LogP contribution in [0.3, 0.4) is 0 Å². The first-order valence-electron chi connectivity index (χ1n) is 7.99. The number of carbonyl (C=O) groups excluding carboxylic acids is 1. The summed E-state index contributed by atoms with van der Waals surface area (Å²) in [6, 6.07) is 10.8. The van der Waals surface area contributed by atoms with Crippen LogP contribution in [-0.2, 0) is 17.6 Å². The number of fused-ring (bicyclic) bond motifs is 1. The zero-order chi connectivity index (χ0) is 17.4. The first-order chi connectivity index (χ1) is 12.1. The van der Waals surface area contributed by atoms with Crippen LogP contribution < -0.4 is 4.90 Å². The molecule has 0 radical (unpaired) electrons. The van der Waals surface area contributed by atoms with Gasteiger partial charge in [-0.1, -0.05) is 18.2 Å². The lowest BCUT2D eigenvalue weighted by atomic mass is 10.0. The Kier molecular flexibility index (Phi) is 3.80. The summed E-state index contributed by atoms with van der Waals surface area (Å²) >= 11 is 0. The third-order valence-corrected chi connectivity index (χ3v) is 4.44. The minimum atomic E-state index is -0.573. The van der Waals surface area contributed by atoms with Crippen LogP contribution in [0.1, 0.15) is 11.1 Å². The topological polar surface area (TPSA) is 49.0 Å². The van der Waals surface area contributed by atoms with E-state index < -0.39 is 11.6 Å². The van der Waals surface area contributed by atoms with Crippen LogP contribution >= 0.6 is 0 Å². The summed E-state index contributed by atoms with van der Waals surface area (Å²) in [4.78, 5) is 14.4. The molecular formula is C19H15F2N3O. The number of carbonyl (C=O) groups is 1. The minimum Gasteiger partial charge on any atom is -0.311 e. The fourth-order valence-corrected chi connectivity index (χ4v) is 3.27. The number of H-pyrrole nitrogens is 1. The van der Waals surface area contributed by atoms with Crippen molar-refractivity contribution < 1.29 is 13.6 Å². The summed E-state index contributed by atoms with van der Waals surface area (Å²) in [5, 5.41) is 6.87. The SMILES string of the molecule is O=C(Cc1cc(F)ccc1F)N1CCc2cccc(-c3ccn[nH]3)c21. The van der Waals surface area contributed by atoms with Crippen molar-refractivity contribution in [1.82, 2.24) is 10.2 Å². The Morgan fingerprint density at radius 3 is 2.88 bits per heavy atom. The molecule has 1 N–H and O–H groups in total. The Bertz CT molecular complexity index is 938. The van der Waals surface area contributed by atoms with Gasteiger partial charge in [-0.3, -0.25) is 9.89 Å². The largest absolute Gasteiger partial charge is 0.311 e. The van der Waals surface area contributed by atoms with Crippen molar-refractivity contribution in [2.45, 2.75) is 12.8 Å². The van der Waals surface area contributed by atoms with Gasteiger partial charge in [0.2, 0.25) is 5.91 Å². The quantitative estimate of drug-likeness (QED) is 0.794. The van der Waals surface area contributed by atoms with Crippen LogP contribution in [0.2, 0.25) is 0 Å². The monoisotopic (exact) mass is 339 g/mol. The maximum atomic E-state index is 13.9. The van der Waals surface area contributed by atoms with Gasteiger partial charge >= 0.3 is 0 Å². The van der Waals surface area contributed by atoms with Crippen LogP contribution in [-0.4, -0.2) is 22.6 Å². The highest BCUT2D eigenvalue weighted by atomic mass is 19.1. The Labute approximate surface area is 143 Å². The second kappa shape index (κ2) is 6.12. The summed E-state index contributed by atoms with van der Waals surface area (Å²) in [5.41, 5.74) is 3.63. The first-order valence-corrected chi connectivity index (χ1v) is 7.99. The molecule has 3 aromatic rings. The number of aromatic amines is 1. The number of para-hydroxylation sites is 1. The third kappa shape index (κ3) is 2.80. The number of hydrogen-bond donors (Lipinski definition) is 1. The smallest absolute Gasteiger partial charge is 0.231 e. The molecule has 4 nitrogen and oxygen atoms in total. The van der Waals surface area contributed by atoms with Crippen LogP contribution in [0.5, 0.6) is 0 Å². The molecule has 0 unspecified atom stereocenters. The normalized spacial score (nSPS) is 13.1. The van der Waals surface area contributed by atoms with E-state index in [4.69, 9.17) is 0 Å². The molecule has 0 bridgehead atoms. The average molecular weight is 339 g/mol. The van der Waals surface area contributed by atoms with E-state index in [1.807, 2.05) is 24.3 Å². The highest BCUT2D eigenvalue weighted by Gasteiger charge is 2.28. The van der Waals surface area contributed by atoms with Gasteiger partial charge in [0.1, 0.15) is 11.6 Å². The molecule has 2 aromatic carbocycles. The fraction of sp³-hybridized carbons (Fsp3) is 0.158. The Hall–Kier alpha value is -3.02. The summed E-state index contributed by atoms with van der Waals surface area (Å²) in [6.45, 7) is 0.524. The molecule has 2 heterocycles. The van der Waals surface area contributed by atoms with E-state index >= 15 is 0 Å². The number of nitrogens with zero attached hydrogens (tertiary/aromatic N) is 2. The van der Waals surface area contributed by atoms with Gasteiger partial charge in [0, 0.05) is 23.9 Å². The van der Waals surface area contributed by atoms with Crippen LogP contribution in [0.25, 0.3) is 11.3 Å². The number of benzene rings is 2. The van der Waals surface area contributed by atoms with E-state index in [0.29, 0.717) is 6.54 Å². The number of anilines is 1. The number of amides is 1. The van der Waals surface area contributed by atoms with Crippen molar-refractivity contribution >= 4 is 11.6 Å². The van der Waals surface area contributed by atoms with E-state index in [9.17, 15) is 13.6 Å². The second-order valence-corrected chi connectivity index (χ2v) is 5.99. The van der Waals surface area contributed by atoms with Gasteiger partial charge in [-0.05, 0) is 36.2 Å². The number of hydrogen-bond acceptors (Lipinski definition) is 2. The molecule has 25 heavy (non-hydrogen) atoms. The summed E-state index contributed by atoms with van der Waals surface area (Å²) in [7, 11) is 0. The molecule has 1 aliphatic heterocycles. The van der Waals surface area contributed by atoms with Gasteiger partial charge in [0.25, 0.3) is 0 Å². The predicted octanol–water partition coefficient (Wildman–Crippen LogP) is 3.49. The van der Waals surface area contributed by atoms with Crippen molar-refractivity contribution in [3.63, 3.8) is 0 Å². The summed E-state index contributed by atoms with van der Waals surface area (Å²) in [6.07, 6.45) is 2.20. The molecule has 0 aliphatic carbocycles. The molecule has 1 aromatic heterocycles. The van der Waals surface area contributed by atoms with E-state index in [1.54, 1.807) is 11.1 Å². The summed E-state index contributed by atoms with van der Waals surface area (Å²) < 4.78 is 27.2. The first kappa shape index (κ1) is 15.5. The van der Waals surface area contributed by atoms with Crippen LogP contribution in [0, 0.1) is 11.6 Å². The van der Waals surface area contributed by atoms with Gasteiger partial charge in [-0.15, -0.1) is 0 Å². The van der Waals surface area contributed by atoms with Crippen molar-refractivity contribution in [1.29, 1.82) is 0 Å². The van der Waals surface area contributed by atoms with Gasteiger partial charge in [0.05, 0.1) is 17.8 Å². The molecular weight excluding hydrogens is 324 g/mol. The van der Waals surface area contributed by atoms with Crippen molar-refractivity contribution in [2.75, 3.05) is 11.4 Å². The van der Waals surface area contributed by atoms with Crippen molar-refractivity contribution in [3.8, 4) is 11.3 Å². The number of halogens is 2. The lowest BCUT2D eigenvalue weighted by Crippen LogP contribution is -2.31. The van der Waals surface area contributed by atoms with Crippen molar-refractivity contribution in [3.05, 3.63) is 71.4 Å². The number of nitrogens with one attached hydrogen (secondary N) is 1. The van der Waals surface area contributed by atoms with Crippen LogP contribution in [0.4, 0.5) is 14.5 Å². The number of rotatable bonds is 3. The molecule has 1 amide bonds. The van der Waals surface area contributed by atoms with Gasteiger partial charge in [-0.2, -0.15) is 5.10 Å². The van der Waals surface area contributed by atoms with Gasteiger partial charge < -0.3 is 4.90 Å². The molecule has 0 saturated heterocycles. The fourth-order valence-electron chi connectivity index (χ4n) is 3.27. The van der Waals surface area contributed by atoms with Crippen molar-refractivity contribution in [2.24, 2.45) is 0 Å². The van der Waals surface area contributed by atoms with Gasteiger partial charge in [0.15, 0.2) is 0 Å². The molecule has 4 rings (SSSR count). The zero-order valence-electron chi connectivity index (χ0n) is 13.3. The number of aromatic nitrogens is 2. The highest BCUT2D eigenvalue weighted by Crippen LogP contribution is 2.37. The molecule has 0 saturated carbocycles. The Balaban J connectivity index is 1.68. The molecule has 1 aliphatic rings.